The summed E-state index contributed by atoms with van der Waals surface area (Å²) in [5, 5.41) is 10.5. The Bertz CT molecular complexity index is 913. The van der Waals surface area contributed by atoms with Crippen molar-refractivity contribution in [3.8, 4) is 0 Å². The molecule has 0 bridgehead atoms. The Hall–Kier alpha value is -3.14. The van der Waals surface area contributed by atoms with Crippen molar-refractivity contribution in [1.82, 2.24) is 16.0 Å². The molecule has 1 aromatic rings. The number of anilines is 1. The van der Waals surface area contributed by atoms with Crippen LogP contribution >= 0.6 is 11.6 Å². The number of nitrogens with one attached hydrogen (secondary N) is 4. The van der Waals surface area contributed by atoms with Gasteiger partial charge in [-0.25, -0.2) is 4.79 Å². The number of carbonyl (C=O) groups is 5. The minimum absolute atomic E-state index is 0.00530. The van der Waals surface area contributed by atoms with Gasteiger partial charge in [0.2, 0.25) is 11.8 Å². The fourth-order valence-electron chi connectivity index (χ4n) is 3.36. The third-order valence-electron chi connectivity index (χ3n) is 5.09. The lowest BCUT2D eigenvalue weighted by molar-refractivity contribution is -0.131. The lowest BCUT2D eigenvalue weighted by Crippen LogP contribution is -2.46. The van der Waals surface area contributed by atoms with Crippen LogP contribution in [0.5, 0.6) is 0 Å². The molecule has 0 aliphatic carbocycles. The van der Waals surface area contributed by atoms with Crippen molar-refractivity contribution in [3.05, 3.63) is 29.8 Å². The molecule has 0 spiro atoms. The van der Waals surface area contributed by atoms with E-state index in [1.165, 1.54) is 12.1 Å². The largest absolute Gasteiger partial charge is 0.354 e. The number of halogens is 1. The Morgan fingerprint density at radius 1 is 1.06 bits per heavy atom. The first-order valence-corrected chi connectivity index (χ1v) is 11.9. The molecule has 11 heteroatoms. The summed E-state index contributed by atoms with van der Waals surface area (Å²) in [4.78, 5) is 61.1. The highest BCUT2D eigenvalue weighted by molar-refractivity contribution is 6.29. The predicted octanol–water partition coefficient (Wildman–Crippen LogP) is 2.17. The molecule has 0 aliphatic heterocycles. The number of benzene rings is 1. The van der Waals surface area contributed by atoms with Gasteiger partial charge in [-0.15, -0.1) is 11.6 Å². The number of Topliss-reactive ketones (excluding diaryl/α,β-unsaturated/α-hetero) is 1. The van der Waals surface area contributed by atoms with Crippen molar-refractivity contribution >= 4 is 46.8 Å². The Morgan fingerprint density at radius 2 is 1.71 bits per heavy atom. The van der Waals surface area contributed by atoms with Crippen LogP contribution in [0.25, 0.3) is 0 Å². The zero-order valence-corrected chi connectivity index (χ0v) is 21.1. The molecule has 5 amide bonds. The zero-order chi connectivity index (χ0) is 27.3. The number of carbonyl (C=O) groups excluding carboxylic acids is 5. The predicted molar refractivity (Wildman–Crippen MR) is 135 cm³/mol. The summed E-state index contributed by atoms with van der Waals surface area (Å²) in [5.74, 6) is -2.62. The average molecular weight is 511 g/mol. The molecular formula is C24H36ClN5O5. The molecule has 0 unspecified atom stereocenters. The molecule has 194 valence electrons. The van der Waals surface area contributed by atoms with E-state index in [1.54, 1.807) is 32.9 Å². The molecule has 0 aliphatic rings. The van der Waals surface area contributed by atoms with Crippen molar-refractivity contribution in [2.45, 2.75) is 59.0 Å². The Morgan fingerprint density at radius 3 is 2.26 bits per heavy atom. The quantitative estimate of drug-likeness (QED) is 0.191. The second-order valence-electron chi connectivity index (χ2n) is 8.66. The first kappa shape index (κ1) is 28.1. The van der Waals surface area contributed by atoms with Crippen molar-refractivity contribution in [2.75, 3.05) is 17.7 Å². The van der Waals surface area contributed by atoms with Gasteiger partial charge in [0.1, 0.15) is 5.88 Å². The van der Waals surface area contributed by atoms with Crippen LogP contribution in [-0.4, -0.2) is 54.0 Å². The van der Waals surface area contributed by atoms with E-state index in [1.807, 2.05) is 0 Å². The van der Waals surface area contributed by atoms with E-state index < -0.39 is 23.9 Å². The number of primary amides is 1. The lowest BCUT2D eigenvalue weighted by Gasteiger charge is -2.24. The Kier molecular flexibility index (Phi) is 12.0. The number of rotatable bonds is 14. The maximum Gasteiger partial charge on any atom is 0.312 e. The van der Waals surface area contributed by atoms with E-state index in [9.17, 15) is 24.0 Å². The molecule has 35 heavy (non-hydrogen) atoms. The molecule has 3 atom stereocenters. The maximum atomic E-state index is 13.2. The summed E-state index contributed by atoms with van der Waals surface area (Å²) in [7, 11) is 0. The van der Waals surface area contributed by atoms with E-state index in [0.29, 0.717) is 24.1 Å². The molecule has 0 aromatic heterocycles. The van der Waals surface area contributed by atoms with Crippen molar-refractivity contribution in [1.29, 1.82) is 0 Å². The van der Waals surface area contributed by atoms with Gasteiger partial charge in [0.05, 0.1) is 6.04 Å². The lowest BCUT2D eigenvalue weighted by atomic mass is 9.89. The molecule has 1 rings (SSSR count). The molecule has 0 saturated heterocycles. The van der Waals surface area contributed by atoms with E-state index in [2.05, 4.69) is 21.3 Å². The number of alkyl halides is 1. The molecule has 0 radical (unpaired) electrons. The fraction of sp³-hybridized carbons (Fsp3) is 0.542. The zero-order valence-electron chi connectivity index (χ0n) is 21.4. The second-order valence-corrected chi connectivity index (χ2v) is 8.93. The van der Waals surface area contributed by atoms with E-state index in [4.69, 9.17) is 18.7 Å². The van der Waals surface area contributed by atoms with Gasteiger partial charge in [-0.3, -0.25) is 19.2 Å². The summed E-state index contributed by atoms with van der Waals surface area (Å²) in [6.45, 7) is 5.53. The molecule has 0 heterocycles. The molecular weight excluding hydrogens is 474 g/mol. The number of hydrogen-bond donors (Lipinski definition) is 5. The summed E-state index contributed by atoms with van der Waals surface area (Å²) in [5.41, 5.74) is 5.85. The monoisotopic (exact) mass is 510 g/mol. The highest BCUT2D eigenvalue weighted by atomic mass is 35.5. The average Bonchev–Trinajstić information content (AvgIpc) is 2.83. The van der Waals surface area contributed by atoms with Crippen LogP contribution in [0, 0.1) is 11.8 Å². The van der Waals surface area contributed by atoms with Crippen LogP contribution in [0.3, 0.4) is 0 Å². The smallest absolute Gasteiger partial charge is 0.312 e. The van der Waals surface area contributed by atoms with Gasteiger partial charge in [-0.1, -0.05) is 13.8 Å². The maximum absolute atomic E-state index is 13.2. The molecule has 10 nitrogen and oxygen atoms in total. The number of nitrogens with two attached hydrogens (primary N) is 1. The van der Waals surface area contributed by atoms with Gasteiger partial charge in [-0.05, 0) is 56.8 Å². The van der Waals surface area contributed by atoms with Gasteiger partial charge >= 0.3 is 6.03 Å². The fourth-order valence-corrected chi connectivity index (χ4v) is 3.43. The Balaban J connectivity index is 2.90. The first-order chi connectivity index (χ1) is 17.0. The Labute approximate surface area is 212 Å². The molecule has 6 N–H and O–H groups in total. The summed E-state index contributed by atoms with van der Waals surface area (Å²) in [6.07, 6.45) is 0.630. The highest BCUT2D eigenvalue weighted by Crippen LogP contribution is 2.17. The van der Waals surface area contributed by atoms with Crippen LogP contribution in [0.2, 0.25) is 0 Å². The van der Waals surface area contributed by atoms with Gasteiger partial charge < -0.3 is 27.0 Å². The summed E-state index contributed by atoms with van der Waals surface area (Å²) >= 11 is 5.47. The summed E-state index contributed by atoms with van der Waals surface area (Å²) < 4.78 is 7.42. The second kappa shape index (κ2) is 15.0. The van der Waals surface area contributed by atoms with Gasteiger partial charge in [0.25, 0.3) is 5.91 Å². The number of urea groups is 1. The topological polar surface area (TPSA) is 159 Å². The van der Waals surface area contributed by atoms with E-state index in [0.717, 1.165) is 0 Å². The van der Waals surface area contributed by atoms with E-state index in [-0.39, 0.29) is 55.3 Å². The SMILES string of the molecule is [2H]C[C@@H](C)NC(=O)[C@H](CCCNC(N)=O)CC(=O)[C@@H](NC(=O)c1ccc(NC(=O)CCl)cc1)C(C)C. The third kappa shape index (κ3) is 11.2. The first-order valence-electron chi connectivity index (χ1n) is 12.1. The van der Waals surface area contributed by atoms with Crippen LogP contribution < -0.4 is 27.0 Å². The van der Waals surface area contributed by atoms with Gasteiger partial charge in [-0.2, -0.15) is 0 Å². The van der Waals surface area contributed by atoms with Crippen LogP contribution in [-0.2, 0) is 14.4 Å². The van der Waals surface area contributed by atoms with Crippen LogP contribution in [0.15, 0.2) is 24.3 Å². The standard InChI is InChI=1S/C24H36ClN5O5/c1-14(2)21(30-22(33)16-7-9-18(10-8-16)29-20(32)13-25)19(31)12-17(23(34)28-15(3)4)6-5-11-27-24(26)35/h7-10,14-15,17,21H,5-6,11-13H2,1-4H3,(H,28,34)(H,29,32)(H,30,33)(H3,26,27,35)/t17-,21+/m1/s1/i3D/t15-,17+,21-/m0. The molecule has 0 saturated carbocycles. The summed E-state index contributed by atoms with van der Waals surface area (Å²) in [6, 6.07) is 4.26. The number of ketones is 1. The van der Waals surface area contributed by atoms with E-state index >= 15 is 0 Å². The van der Waals surface area contributed by atoms with Gasteiger partial charge in [0.15, 0.2) is 5.78 Å². The van der Waals surface area contributed by atoms with Crippen molar-refractivity contribution in [3.63, 3.8) is 0 Å². The minimum atomic E-state index is -0.833. The minimum Gasteiger partial charge on any atom is -0.354 e. The van der Waals surface area contributed by atoms with Crippen LogP contribution in [0.4, 0.5) is 10.5 Å². The third-order valence-corrected chi connectivity index (χ3v) is 5.33. The molecule has 0 fully saturated rings. The highest BCUT2D eigenvalue weighted by Gasteiger charge is 2.29. The van der Waals surface area contributed by atoms with Gasteiger partial charge in [0, 0.05) is 37.5 Å². The molecule has 1 aromatic carbocycles. The van der Waals surface area contributed by atoms with Crippen molar-refractivity contribution < 1.29 is 25.3 Å². The normalized spacial score (nSPS) is 13.7. The van der Waals surface area contributed by atoms with Crippen molar-refractivity contribution in [2.24, 2.45) is 17.6 Å². The van der Waals surface area contributed by atoms with Crippen LogP contribution in [0.1, 0.15) is 58.7 Å². The number of amides is 5. The number of hydrogen-bond acceptors (Lipinski definition) is 5.